The quantitative estimate of drug-likeness (QED) is 0.829. The monoisotopic (exact) mass is 244 g/mol. The van der Waals surface area contributed by atoms with Gasteiger partial charge in [0.15, 0.2) is 0 Å². The van der Waals surface area contributed by atoms with E-state index in [1.807, 2.05) is 28.9 Å². The predicted molar refractivity (Wildman–Crippen MR) is 68.0 cm³/mol. The number of rotatable bonds is 3. The zero-order chi connectivity index (χ0) is 12.4. The molecule has 5 nitrogen and oxygen atoms in total. The van der Waals surface area contributed by atoms with Crippen molar-refractivity contribution in [1.29, 1.82) is 0 Å². The van der Waals surface area contributed by atoms with Crippen molar-refractivity contribution >= 4 is 11.6 Å². The molecule has 2 N–H and O–H groups in total. The highest BCUT2D eigenvalue weighted by molar-refractivity contribution is 5.79. The molecule has 3 rings (SSSR count). The molecule has 1 aliphatic heterocycles. The van der Waals surface area contributed by atoms with Crippen molar-refractivity contribution in [2.45, 2.75) is 13.0 Å². The molecule has 1 amide bonds. The minimum absolute atomic E-state index is 0.125. The Morgan fingerprint density at radius 3 is 3.33 bits per heavy atom. The third-order valence-electron chi connectivity index (χ3n) is 3.36. The lowest BCUT2D eigenvalue weighted by molar-refractivity contribution is -0.124. The highest BCUT2D eigenvalue weighted by Gasteiger charge is 2.21. The topological polar surface area (TPSA) is 58.4 Å². The SMILES string of the molecule is O=C(NCc1ccn2ccnc2c1)C1CCNC1. The van der Waals surface area contributed by atoms with E-state index in [2.05, 4.69) is 15.6 Å². The molecular weight excluding hydrogens is 228 g/mol. The fraction of sp³-hybridized carbons (Fsp3) is 0.385. The summed E-state index contributed by atoms with van der Waals surface area (Å²) in [5.41, 5.74) is 1.98. The number of pyridine rings is 1. The number of carbonyl (C=O) groups is 1. The van der Waals surface area contributed by atoms with E-state index in [1.54, 1.807) is 6.20 Å². The van der Waals surface area contributed by atoms with Gasteiger partial charge in [-0.3, -0.25) is 4.79 Å². The van der Waals surface area contributed by atoms with Crippen molar-refractivity contribution < 1.29 is 4.79 Å². The maximum absolute atomic E-state index is 11.9. The van der Waals surface area contributed by atoms with Crippen LogP contribution in [0.1, 0.15) is 12.0 Å². The normalized spacial score (nSPS) is 19.2. The molecule has 2 aromatic rings. The van der Waals surface area contributed by atoms with Gasteiger partial charge in [-0.25, -0.2) is 4.98 Å². The zero-order valence-electron chi connectivity index (χ0n) is 10.1. The minimum Gasteiger partial charge on any atom is -0.352 e. The summed E-state index contributed by atoms with van der Waals surface area (Å²) in [6, 6.07) is 4.00. The van der Waals surface area contributed by atoms with Gasteiger partial charge in [-0.1, -0.05) is 0 Å². The second-order valence-corrected chi connectivity index (χ2v) is 4.64. The number of imidazole rings is 1. The standard InChI is InChI=1S/C13H16N4O/c18-13(11-1-3-14-9-11)16-8-10-2-5-17-6-4-15-12(17)7-10/h2,4-7,11,14H,1,3,8-9H2,(H,16,18). The van der Waals surface area contributed by atoms with Gasteiger partial charge in [0.2, 0.25) is 5.91 Å². The summed E-state index contributed by atoms with van der Waals surface area (Å²) >= 11 is 0. The molecule has 5 heteroatoms. The van der Waals surface area contributed by atoms with E-state index in [9.17, 15) is 4.79 Å². The van der Waals surface area contributed by atoms with Gasteiger partial charge in [-0.2, -0.15) is 0 Å². The van der Waals surface area contributed by atoms with Gasteiger partial charge >= 0.3 is 0 Å². The van der Waals surface area contributed by atoms with Gasteiger partial charge < -0.3 is 15.0 Å². The molecule has 0 aromatic carbocycles. The summed E-state index contributed by atoms with van der Waals surface area (Å²) < 4.78 is 1.95. The first-order valence-electron chi connectivity index (χ1n) is 6.23. The van der Waals surface area contributed by atoms with Crippen molar-refractivity contribution in [2.75, 3.05) is 13.1 Å². The van der Waals surface area contributed by atoms with Crippen LogP contribution < -0.4 is 10.6 Å². The van der Waals surface area contributed by atoms with Crippen LogP contribution in [0.4, 0.5) is 0 Å². The second kappa shape index (κ2) is 4.78. The summed E-state index contributed by atoms with van der Waals surface area (Å²) in [6.07, 6.45) is 6.57. The number of carbonyl (C=O) groups excluding carboxylic acids is 1. The molecule has 3 heterocycles. The number of hydrogen-bond acceptors (Lipinski definition) is 3. The Morgan fingerprint density at radius 2 is 2.50 bits per heavy atom. The maximum atomic E-state index is 11.9. The van der Waals surface area contributed by atoms with E-state index in [-0.39, 0.29) is 11.8 Å². The molecular formula is C13H16N4O. The van der Waals surface area contributed by atoms with Crippen LogP contribution in [0.5, 0.6) is 0 Å². The van der Waals surface area contributed by atoms with Crippen LogP contribution >= 0.6 is 0 Å². The molecule has 0 bridgehead atoms. The second-order valence-electron chi connectivity index (χ2n) is 4.64. The first-order valence-corrected chi connectivity index (χ1v) is 6.23. The highest BCUT2D eigenvalue weighted by atomic mass is 16.1. The Balaban J connectivity index is 1.63. The number of nitrogens with one attached hydrogen (secondary N) is 2. The van der Waals surface area contributed by atoms with Crippen LogP contribution in [-0.4, -0.2) is 28.4 Å². The first-order chi connectivity index (χ1) is 8.83. The molecule has 0 spiro atoms. The van der Waals surface area contributed by atoms with Crippen LogP contribution in [0.2, 0.25) is 0 Å². The maximum Gasteiger partial charge on any atom is 0.224 e. The highest BCUT2D eigenvalue weighted by Crippen LogP contribution is 2.09. The Labute approximate surface area is 105 Å². The van der Waals surface area contributed by atoms with Gasteiger partial charge in [0, 0.05) is 31.7 Å². The molecule has 1 atom stereocenters. The van der Waals surface area contributed by atoms with Crippen LogP contribution in [0, 0.1) is 5.92 Å². The summed E-state index contributed by atoms with van der Waals surface area (Å²) in [4.78, 5) is 16.1. The van der Waals surface area contributed by atoms with Crippen LogP contribution in [0.25, 0.3) is 5.65 Å². The molecule has 0 aliphatic carbocycles. The predicted octanol–water partition coefficient (Wildman–Crippen LogP) is 0.560. The fourth-order valence-electron chi connectivity index (χ4n) is 2.27. The summed E-state index contributed by atoms with van der Waals surface area (Å²) in [5.74, 6) is 0.267. The van der Waals surface area contributed by atoms with Crippen LogP contribution in [-0.2, 0) is 11.3 Å². The Morgan fingerprint density at radius 1 is 1.56 bits per heavy atom. The largest absolute Gasteiger partial charge is 0.352 e. The number of aromatic nitrogens is 2. The minimum atomic E-state index is 0.125. The van der Waals surface area contributed by atoms with Gasteiger partial charge in [0.1, 0.15) is 5.65 Å². The van der Waals surface area contributed by atoms with Crippen molar-refractivity contribution in [3.05, 3.63) is 36.3 Å². The lowest BCUT2D eigenvalue weighted by Gasteiger charge is -2.09. The molecule has 94 valence electrons. The van der Waals surface area contributed by atoms with Crippen molar-refractivity contribution in [2.24, 2.45) is 5.92 Å². The van der Waals surface area contributed by atoms with Crippen LogP contribution in [0.3, 0.4) is 0 Å². The average Bonchev–Trinajstić information content (AvgIpc) is 3.05. The van der Waals surface area contributed by atoms with E-state index >= 15 is 0 Å². The summed E-state index contributed by atoms with van der Waals surface area (Å²) in [5, 5.41) is 6.18. The number of amides is 1. The Bertz CT molecular complexity index is 557. The summed E-state index contributed by atoms with van der Waals surface area (Å²) in [6.45, 7) is 2.31. The third-order valence-corrected chi connectivity index (χ3v) is 3.36. The summed E-state index contributed by atoms with van der Waals surface area (Å²) in [7, 11) is 0. The zero-order valence-corrected chi connectivity index (χ0v) is 10.1. The fourth-order valence-corrected chi connectivity index (χ4v) is 2.27. The Kier molecular flexibility index (Phi) is 2.98. The van der Waals surface area contributed by atoms with Crippen LogP contribution in [0.15, 0.2) is 30.7 Å². The smallest absolute Gasteiger partial charge is 0.224 e. The third kappa shape index (κ3) is 2.22. The molecule has 2 aromatic heterocycles. The first kappa shape index (κ1) is 11.2. The molecule has 1 saturated heterocycles. The lowest BCUT2D eigenvalue weighted by atomic mass is 10.1. The van der Waals surface area contributed by atoms with E-state index < -0.39 is 0 Å². The van der Waals surface area contributed by atoms with Crippen molar-refractivity contribution in [1.82, 2.24) is 20.0 Å². The van der Waals surface area contributed by atoms with Gasteiger partial charge in [0.25, 0.3) is 0 Å². The van der Waals surface area contributed by atoms with Gasteiger partial charge in [-0.15, -0.1) is 0 Å². The molecule has 1 aliphatic rings. The van der Waals surface area contributed by atoms with Crippen molar-refractivity contribution in [3.8, 4) is 0 Å². The average molecular weight is 244 g/mol. The van der Waals surface area contributed by atoms with Crippen molar-refractivity contribution in [3.63, 3.8) is 0 Å². The van der Waals surface area contributed by atoms with E-state index in [1.165, 1.54) is 0 Å². The molecule has 0 saturated carbocycles. The molecule has 0 radical (unpaired) electrons. The number of hydrogen-bond donors (Lipinski definition) is 2. The Hall–Kier alpha value is -1.88. The number of nitrogens with zero attached hydrogens (tertiary/aromatic N) is 2. The molecule has 1 fully saturated rings. The van der Waals surface area contributed by atoms with E-state index in [0.717, 1.165) is 30.7 Å². The van der Waals surface area contributed by atoms with Gasteiger partial charge in [0.05, 0.1) is 5.92 Å². The number of fused-ring (bicyclic) bond motifs is 1. The van der Waals surface area contributed by atoms with E-state index in [0.29, 0.717) is 6.54 Å². The lowest BCUT2D eigenvalue weighted by Crippen LogP contribution is -2.31. The molecule has 18 heavy (non-hydrogen) atoms. The van der Waals surface area contributed by atoms with Gasteiger partial charge in [-0.05, 0) is 30.7 Å². The van der Waals surface area contributed by atoms with E-state index in [4.69, 9.17) is 0 Å². The molecule has 1 unspecified atom stereocenters.